The quantitative estimate of drug-likeness (QED) is 0.408. The molecule has 9 heteroatoms. The first-order valence-corrected chi connectivity index (χ1v) is 14.0. The number of esters is 1. The van der Waals surface area contributed by atoms with Gasteiger partial charge in [0.1, 0.15) is 0 Å². The van der Waals surface area contributed by atoms with Crippen LogP contribution in [-0.2, 0) is 19.1 Å². The van der Waals surface area contributed by atoms with E-state index in [0.717, 1.165) is 31.6 Å². The number of carbonyl (C=O) groups excluding carboxylic acids is 3. The Balaban J connectivity index is 1.28. The Labute approximate surface area is 224 Å². The van der Waals surface area contributed by atoms with E-state index in [1.165, 1.54) is 39.2 Å². The van der Waals surface area contributed by atoms with Gasteiger partial charge in [0.15, 0.2) is 0 Å². The minimum Gasteiger partial charge on any atom is -0.469 e. The number of amides is 2. The van der Waals surface area contributed by atoms with Gasteiger partial charge in [-0.05, 0) is 75.5 Å². The van der Waals surface area contributed by atoms with Crippen LogP contribution in [0.2, 0.25) is 5.02 Å². The first-order valence-electron chi connectivity index (χ1n) is 13.6. The summed E-state index contributed by atoms with van der Waals surface area (Å²) in [6.45, 7) is 1.78. The number of halogens is 1. The first kappa shape index (κ1) is 27.7. The molecule has 1 aliphatic heterocycles. The van der Waals surface area contributed by atoms with Gasteiger partial charge in [-0.15, -0.1) is 0 Å². The van der Waals surface area contributed by atoms with Crippen molar-refractivity contribution in [3.05, 3.63) is 28.8 Å². The van der Waals surface area contributed by atoms with Gasteiger partial charge in [-0.3, -0.25) is 25.2 Å². The lowest BCUT2D eigenvalue weighted by Crippen LogP contribution is -2.50. The Morgan fingerprint density at radius 1 is 0.919 bits per heavy atom. The summed E-state index contributed by atoms with van der Waals surface area (Å²) in [6.07, 6.45) is 10.8. The van der Waals surface area contributed by atoms with Crippen molar-refractivity contribution in [3.8, 4) is 0 Å². The molecule has 0 aromatic heterocycles. The number of anilines is 1. The Kier molecular flexibility index (Phi) is 9.35. The van der Waals surface area contributed by atoms with Crippen LogP contribution in [-0.4, -0.2) is 50.7 Å². The van der Waals surface area contributed by atoms with Gasteiger partial charge in [0, 0.05) is 31.8 Å². The number of piperidine rings is 1. The predicted molar refractivity (Wildman–Crippen MR) is 142 cm³/mol. The molecule has 37 heavy (non-hydrogen) atoms. The van der Waals surface area contributed by atoms with Crippen LogP contribution in [0.25, 0.3) is 0 Å². The largest absolute Gasteiger partial charge is 0.469 e. The van der Waals surface area contributed by atoms with Crippen LogP contribution in [0.15, 0.2) is 18.2 Å². The van der Waals surface area contributed by atoms with E-state index in [9.17, 15) is 14.4 Å². The molecule has 1 heterocycles. The second-order valence-corrected chi connectivity index (χ2v) is 11.2. The molecule has 1 saturated heterocycles. The van der Waals surface area contributed by atoms with E-state index in [4.69, 9.17) is 21.1 Å². The van der Waals surface area contributed by atoms with Crippen molar-refractivity contribution in [2.75, 3.05) is 32.2 Å². The number of carbonyl (C=O) groups is 3. The molecule has 204 valence electrons. The van der Waals surface area contributed by atoms with Crippen molar-refractivity contribution in [2.24, 2.45) is 17.8 Å². The smallest absolute Gasteiger partial charge is 0.308 e. The van der Waals surface area contributed by atoms with Crippen molar-refractivity contribution >= 4 is 35.1 Å². The van der Waals surface area contributed by atoms with Crippen molar-refractivity contribution in [3.63, 3.8) is 0 Å². The summed E-state index contributed by atoms with van der Waals surface area (Å²) >= 11 is 6.50. The van der Waals surface area contributed by atoms with Crippen molar-refractivity contribution in [2.45, 2.75) is 76.2 Å². The van der Waals surface area contributed by atoms with Crippen LogP contribution in [0.1, 0.15) is 81.0 Å². The lowest BCUT2D eigenvalue weighted by molar-refractivity contribution is -0.147. The second-order valence-electron chi connectivity index (χ2n) is 10.8. The molecular formula is C28H40ClN3O5. The molecule has 0 spiro atoms. The molecular weight excluding hydrogens is 494 g/mol. The number of methoxy groups -OCH3 is 2. The fraction of sp³-hybridized carbons (Fsp3) is 0.679. The van der Waals surface area contributed by atoms with E-state index in [-0.39, 0.29) is 29.3 Å². The average Bonchev–Trinajstić information content (AvgIpc) is 2.95. The zero-order chi connectivity index (χ0) is 26.4. The summed E-state index contributed by atoms with van der Waals surface area (Å²) in [5, 5.41) is 0.346. The monoisotopic (exact) mass is 533 g/mol. The summed E-state index contributed by atoms with van der Waals surface area (Å²) in [6, 6.07) is 5.45. The fourth-order valence-electron chi connectivity index (χ4n) is 6.48. The normalized spacial score (nSPS) is 24.2. The van der Waals surface area contributed by atoms with Gasteiger partial charge in [0.2, 0.25) is 5.91 Å². The number of ether oxygens (including phenoxy) is 2. The van der Waals surface area contributed by atoms with E-state index in [2.05, 4.69) is 15.8 Å². The maximum atomic E-state index is 12.7. The third kappa shape index (κ3) is 6.40. The molecule has 8 nitrogen and oxygen atoms in total. The average molecular weight is 534 g/mol. The zero-order valence-corrected chi connectivity index (χ0v) is 22.8. The highest BCUT2D eigenvalue weighted by atomic mass is 35.5. The molecule has 2 saturated carbocycles. The summed E-state index contributed by atoms with van der Waals surface area (Å²) in [7, 11) is 3.24. The molecule has 0 bridgehead atoms. The molecule has 2 N–H and O–H groups in total. The zero-order valence-electron chi connectivity index (χ0n) is 22.0. The number of hydrogen-bond donors (Lipinski definition) is 2. The number of rotatable bonds is 6. The summed E-state index contributed by atoms with van der Waals surface area (Å²) in [4.78, 5) is 39.2. The molecule has 1 aromatic carbocycles. The van der Waals surface area contributed by atoms with Crippen molar-refractivity contribution in [1.29, 1.82) is 0 Å². The summed E-state index contributed by atoms with van der Waals surface area (Å²) in [5.41, 5.74) is 6.28. The van der Waals surface area contributed by atoms with Crippen molar-refractivity contribution in [1.82, 2.24) is 10.9 Å². The summed E-state index contributed by atoms with van der Waals surface area (Å²) < 4.78 is 10.9. The van der Waals surface area contributed by atoms with Gasteiger partial charge >= 0.3 is 5.97 Å². The standard InChI is InChI=1S/C28H40ClN3O5/c1-36-27(35)20-10-8-19(9-11-20)25(33)30-31-26(34)23-13-12-22(18-24(23)29)32-16-14-28(37-2,15-17-32)21-6-4-3-5-7-21/h12-13,18-21H,3-11,14-17H2,1-2H3,(H,30,33)(H,31,34)/t19-,20-. The van der Waals surface area contributed by atoms with Gasteiger partial charge in [-0.2, -0.15) is 0 Å². The van der Waals surface area contributed by atoms with E-state index in [1.807, 2.05) is 19.2 Å². The molecule has 3 aliphatic rings. The minimum atomic E-state index is -0.456. The molecule has 1 aromatic rings. The van der Waals surface area contributed by atoms with Gasteiger partial charge < -0.3 is 14.4 Å². The molecule has 2 amide bonds. The third-order valence-corrected chi connectivity index (χ3v) is 9.17. The maximum absolute atomic E-state index is 12.7. The first-order chi connectivity index (χ1) is 17.9. The molecule has 2 aliphatic carbocycles. The SMILES string of the molecule is COC(=O)[C@H]1CC[C@H](C(=O)NNC(=O)c2ccc(N3CCC(OC)(C4CCCCC4)CC3)cc2Cl)CC1. The van der Waals surface area contributed by atoms with Crippen LogP contribution < -0.4 is 15.8 Å². The molecule has 0 unspecified atom stereocenters. The Morgan fingerprint density at radius 3 is 2.16 bits per heavy atom. The topological polar surface area (TPSA) is 97.0 Å². The maximum Gasteiger partial charge on any atom is 0.308 e. The predicted octanol–water partition coefficient (Wildman–Crippen LogP) is 4.65. The molecule has 3 fully saturated rings. The van der Waals surface area contributed by atoms with Crippen LogP contribution in [0.5, 0.6) is 0 Å². The van der Waals surface area contributed by atoms with E-state index >= 15 is 0 Å². The lowest BCUT2D eigenvalue weighted by atomic mass is 9.72. The van der Waals surface area contributed by atoms with Gasteiger partial charge in [-0.1, -0.05) is 30.9 Å². The van der Waals surface area contributed by atoms with Gasteiger partial charge in [0.25, 0.3) is 5.91 Å². The third-order valence-electron chi connectivity index (χ3n) is 8.86. The number of nitrogens with one attached hydrogen (secondary N) is 2. The Hall–Kier alpha value is -2.32. The second kappa shape index (κ2) is 12.5. The Morgan fingerprint density at radius 2 is 1.57 bits per heavy atom. The minimum absolute atomic E-state index is 0.0305. The lowest BCUT2D eigenvalue weighted by Gasteiger charge is -2.47. The molecule has 0 atom stereocenters. The number of hydrazine groups is 1. The van der Waals surface area contributed by atoms with Crippen LogP contribution in [0, 0.1) is 17.8 Å². The summed E-state index contributed by atoms with van der Waals surface area (Å²) in [5.74, 6) is -0.692. The Bertz CT molecular complexity index is 965. The van der Waals surface area contributed by atoms with E-state index < -0.39 is 5.91 Å². The highest BCUT2D eigenvalue weighted by Gasteiger charge is 2.42. The highest BCUT2D eigenvalue weighted by Crippen LogP contribution is 2.42. The molecule has 4 rings (SSSR count). The van der Waals surface area contributed by atoms with E-state index in [1.54, 1.807) is 6.07 Å². The van der Waals surface area contributed by atoms with E-state index in [0.29, 0.717) is 42.2 Å². The highest BCUT2D eigenvalue weighted by molar-refractivity contribution is 6.34. The van der Waals surface area contributed by atoms with Gasteiger partial charge in [-0.25, -0.2) is 0 Å². The van der Waals surface area contributed by atoms with Crippen LogP contribution in [0.3, 0.4) is 0 Å². The fourth-order valence-corrected chi connectivity index (χ4v) is 6.74. The number of nitrogens with zero attached hydrogens (tertiary/aromatic N) is 1. The number of hydrogen-bond acceptors (Lipinski definition) is 6. The van der Waals surface area contributed by atoms with Gasteiger partial charge in [0.05, 0.1) is 29.2 Å². The van der Waals surface area contributed by atoms with Crippen molar-refractivity contribution < 1.29 is 23.9 Å². The number of benzene rings is 1. The van der Waals surface area contributed by atoms with Crippen LogP contribution >= 0.6 is 11.6 Å². The van der Waals surface area contributed by atoms with Crippen LogP contribution in [0.4, 0.5) is 5.69 Å². The molecule has 0 radical (unpaired) electrons.